The number of hydrogen-bond donors (Lipinski definition) is 1. The molecule has 0 aromatic heterocycles. The van der Waals surface area contributed by atoms with Crippen molar-refractivity contribution in [2.24, 2.45) is 0 Å². The largest absolute Gasteiger partial charge is 0.352 e. The summed E-state index contributed by atoms with van der Waals surface area (Å²) in [6.07, 6.45) is 4.00. The van der Waals surface area contributed by atoms with Gasteiger partial charge in [-0.15, -0.1) is 0 Å². The summed E-state index contributed by atoms with van der Waals surface area (Å²) in [4.78, 5) is 30.1. The molecule has 0 spiro atoms. The minimum absolute atomic E-state index is 0.0129. The number of benzene rings is 4. The topological polar surface area (TPSA) is 86.8 Å². The van der Waals surface area contributed by atoms with Gasteiger partial charge in [0.1, 0.15) is 18.4 Å². The lowest BCUT2D eigenvalue weighted by Gasteiger charge is -2.34. The molecule has 0 saturated heterocycles. The molecule has 0 bridgehead atoms. The number of nitrogens with zero attached hydrogens (tertiary/aromatic N) is 2. The van der Waals surface area contributed by atoms with E-state index >= 15 is 0 Å². The predicted molar refractivity (Wildman–Crippen MR) is 178 cm³/mol. The monoisotopic (exact) mass is 641 g/mol. The summed E-state index contributed by atoms with van der Waals surface area (Å²) in [6, 6.07) is 27.7. The third-order valence-corrected chi connectivity index (χ3v) is 10.2. The van der Waals surface area contributed by atoms with Gasteiger partial charge in [-0.25, -0.2) is 12.8 Å². The molecule has 1 saturated carbocycles. The number of carbonyl (C=O) groups excluding carboxylic acids is 2. The van der Waals surface area contributed by atoms with Gasteiger partial charge in [-0.1, -0.05) is 90.7 Å². The molecule has 1 aliphatic carbocycles. The van der Waals surface area contributed by atoms with Crippen molar-refractivity contribution in [2.75, 3.05) is 10.8 Å². The average Bonchev–Trinajstić information content (AvgIpc) is 3.56. The van der Waals surface area contributed by atoms with E-state index in [0.717, 1.165) is 46.7 Å². The van der Waals surface area contributed by atoms with Crippen LogP contribution in [0.25, 0.3) is 0 Å². The van der Waals surface area contributed by atoms with E-state index in [-0.39, 0.29) is 29.8 Å². The van der Waals surface area contributed by atoms with Gasteiger partial charge in [-0.05, 0) is 74.2 Å². The van der Waals surface area contributed by atoms with Gasteiger partial charge in [0.25, 0.3) is 10.0 Å². The van der Waals surface area contributed by atoms with E-state index in [2.05, 4.69) is 5.32 Å². The van der Waals surface area contributed by atoms with Gasteiger partial charge in [0.15, 0.2) is 0 Å². The molecule has 1 aliphatic rings. The highest BCUT2D eigenvalue weighted by Gasteiger charge is 2.35. The molecule has 2 amide bonds. The van der Waals surface area contributed by atoms with Crippen LogP contribution in [0, 0.1) is 19.7 Å². The van der Waals surface area contributed by atoms with Crippen LogP contribution < -0.4 is 9.62 Å². The van der Waals surface area contributed by atoms with E-state index in [0.29, 0.717) is 11.3 Å². The predicted octanol–water partition coefficient (Wildman–Crippen LogP) is 6.34. The van der Waals surface area contributed by atoms with Crippen LogP contribution in [0.3, 0.4) is 0 Å². The smallest absolute Gasteiger partial charge is 0.264 e. The van der Waals surface area contributed by atoms with E-state index in [1.54, 1.807) is 48.5 Å². The third kappa shape index (κ3) is 8.20. The normalized spacial score (nSPS) is 14.1. The highest BCUT2D eigenvalue weighted by molar-refractivity contribution is 7.92. The molecule has 7 nitrogen and oxygen atoms in total. The molecule has 240 valence electrons. The van der Waals surface area contributed by atoms with Crippen LogP contribution in [0.4, 0.5) is 10.1 Å². The SMILES string of the molecule is Cc1ccc(N(CC(=O)N(Cc2ccc(F)cc2)C(Cc2ccccc2)C(=O)NC2CCCC2)S(=O)(=O)c2ccc(C)cc2)cc1. The first-order valence-electron chi connectivity index (χ1n) is 15.6. The molecule has 46 heavy (non-hydrogen) atoms. The van der Waals surface area contributed by atoms with Crippen molar-refractivity contribution in [1.82, 2.24) is 10.2 Å². The molecule has 1 N–H and O–H groups in total. The van der Waals surface area contributed by atoms with Crippen molar-refractivity contribution < 1.29 is 22.4 Å². The maximum atomic E-state index is 14.5. The van der Waals surface area contributed by atoms with Gasteiger partial charge < -0.3 is 10.2 Å². The Morgan fingerprint density at radius 2 is 1.39 bits per heavy atom. The fourth-order valence-electron chi connectivity index (χ4n) is 5.79. The molecule has 1 fully saturated rings. The second kappa shape index (κ2) is 14.7. The van der Waals surface area contributed by atoms with Gasteiger partial charge in [-0.2, -0.15) is 0 Å². The standard InChI is InChI=1S/C37H40FN3O4S/c1-27-12-20-33(21-13-27)41(46(44,45)34-22-14-28(2)15-23-34)26-36(42)40(25-30-16-18-31(38)19-17-30)35(24-29-8-4-3-5-9-29)37(43)39-32-10-6-7-11-32/h3-5,8-9,12-23,32,35H,6-7,10-11,24-26H2,1-2H3,(H,39,43). The maximum Gasteiger partial charge on any atom is 0.264 e. The Labute approximate surface area is 271 Å². The lowest BCUT2D eigenvalue weighted by molar-refractivity contribution is -0.140. The zero-order valence-electron chi connectivity index (χ0n) is 26.2. The minimum atomic E-state index is -4.18. The number of anilines is 1. The van der Waals surface area contributed by atoms with Gasteiger partial charge in [0, 0.05) is 19.0 Å². The van der Waals surface area contributed by atoms with E-state index in [4.69, 9.17) is 0 Å². The molecule has 1 atom stereocenters. The number of carbonyl (C=O) groups is 2. The molecule has 5 rings (SSSR count). The zero-order chi connectivity index (χ0) is 32.7. The van der Waals surface area contributed by atoms with E-state index < -0.39 is 34.3 Å². The Morgan fingerprint density at radius 1 is 0.804 bits per heavy atom. The molecule has 1 unspecified atom stereocenters. The van der Waals surface area contributed by atoms with Gasteiger partial charge in [0.05, 0.1) is 10.6 Å². The Kier molecular flexibility index (Phi) is 10.5. The third-order valence-electron chi connectivity index (χ3n) is 8.45. The van der Waals surface area contributed by atoms with Crippen LogP contribution in [0.5, 0.6) is 0 Å². The zero-order valence-corrected chi connectivity index (χ0v) is 27.0. The van der Waals surface area contributed by atoms with E-state index in [9.17, 15) is 22.4 Å². The summed E-state index contributed by atoms with van der Waals surface area (Å²) in [5.41, 5.74) is 3.64. The molecule has 0 aliphatic heterocycles. The minimum Gasteiger partial charge on any atom is -0.352 e. The first-order valence-corrected chi connectivity index (χ1v) is 17.1. The van der Waals surface area contributed by atoms with Crippen molar-refractivity contribution in [3.8, 4) is 0 Å². The average molecular weight is 642 g/mol. The van der Waals surface area contributed by atoms with Crippen LogP contribution in [0.15, 0.2) is 108 Å². The number of hydrogen-bond acceptors (Lipinski definition) is 4. The Balaban J connectivity index is 1.55. The second-order valence-corrected chi connectivity index (χ2v) is 13.9. The van der Waals surface area contributed by atoms with Gasteiger partial charge in [-0.3, -0.25) is 13.9 Å². The van der Waals surface area contributed by atoms with Crippen molar-refractivity contribution in [2.45, 2.75) is 69.5 Å². The van der Waals surface area contributed by atoms with Crippen molar-refractivity contribution in [1.29, 1.82) is 0 Å². The summed E-state index contributed by atoms with van der Waals surface area (Å²) in [6.45, 7) is 3.22. The lowest BCUT2D eigenvalue weighted by atomic mass is 10.0. The summed E-state index contributed by atoms with van der Waals surface area (Å²) < 4.78 is 43.3. The first-order chi connectivity index (χ1) is 22.1. The maximum absolute atomic E-state index is 14.5. The van der Waals surface area contributed by atoms with Crippen molar-refractivity contribution in [3.63, 3.8) is 0 Å². The fraction of sp³-hybridized carbons (Fsp3) is 0.297. The number of aryl methyl sites for hydroxylation is 2. The van der Waals surface area contributed by atoms with E-state index in [1.807, 2.05) is 44.2 Å². The quantitative estimate of drug-likeness (QED) is 0.196. The van der Waals surface area contributed by atoms with Crippen LogP contribution in [-0.2, 0) is 32.6 Å². The van der Waals surface area contributed by atoms with Crippen LogP contribution in [-0.4, -0.2) is 43.8 Å². The first kappa shape index (κ1) is 32.9. The number of nitrogens with one attached hydrogen (secondary N) is 1. The number of amides is 2. The molecule has 0 radical (unpaired) electrons. The second-order valence-electron chi connectivity index (χ2n) is 12.0. The summed E-state index contributed by atoms with van der Waals surface area (Å²) >= 11 is 0. The molecular formula is C37H40FN3O4S. The van der Waals surface area contributed by atoms with Crippen LogP contribution >= 0.6 is 0 Å². The Bertz CT molecular complexity index is 1720. The summed E-state index contributed by atoms with van der Waals surface area (Å²) in [5, 5.41) is 3.16. The van der Waals surface area contributed by atoms with Crippen LogP contribution in [0.2, 0.25) is 0 Å². The van der Waals surface area contributed by atoms with E-state index in [1.165, 1.54) is 29.2 Å². The fourth-order valence-corrected chi connectivity index (χ4v) is 7.20. The van der Waals surface area contributed by atoms with Crippen molar-refractivity contribution in [3.05, 3.63) is 131 Å². The highest BCUT2D eigenvalue weighted by atomic mass is 32.2. The Hall–Kier alpha value is -4.50. The van der Waals surface area contributed by atoms with Crippen molar-refractivity contribution >= 4 is 27.5 Å². The molecular weight excluding hydrogens is 601 g/mol. The number of rotatable bonds is 12. The molecule has 9 heteroatoms. The number of sulfonamides is 1. The van der Waals surface area contributed by atoms with Gasteiger partial charge >= 0.3 is 0 Å². The number of halogens is 1. The summed E-state index contributed by atoms with van der Waals surface area (Å²) in [5.74, 6) is -1.27. The Morgan fingerprint density at radius 3 is 2.00 bits per heavy atom. The van der Waals surface area contributed by atoms with Gasteiger partial charge in [0.2, 0.25) is 11.8 Å². The molecule has 4 aromatic rings. The molecule has 0 heterocycles. The molecule has 4 aromatic carbocycles. The highest BCUT2D eigenvalue weighted by Crippen LogP contribution is 2.26. The lowest BCUT2D eigenvalue weighted by Crippen LogP contribution is -2.54. The van der Waals surface area contributed by atoms with Crippen LogP contribution in [0.1, 0.15) is 47.9 Å². The summed E-state index contributed by atoms with van der Waals surface area (Å²) in [7, 11) is -4.18.